The Morgan fingerprint density at radius 1 is 1.03 bits per heavy atom. The second kappa shape index (κ2) is 9.26. The second-order valence-electron chi connectivity index (χ2n) is 8.12. The summed E-state index contributed by atoms with van der Waals surface area (Å²) in [6, 6.07) is 12.5. The zero-order valence-electron chi connectivity index (χ0n) is 18.2. The average molecular weight is 434 g/mol. The molecule has 0 atom stereocenters. The quantitative estimate of drug-likeness (QED) is 0.549. The van der Waals surface area contributed by atoms with E-state index >= 15 is 0 Å². The molecule has 0 unspecified atom stereocenters. The van der Waals surface area contributed by atoms with E-state index in [-0.39, 0.29) is 11.6 Å². The summed E-state index contributed by atoms with van der Waals surface area (Å²) in [5, 5.41) is 2.29. The first-order valence-corrected chi connectivity index (χ1v) is 10.7. The molecule has 1 saturated carbocycles. The number of urea groups is 1. The van der Waals surface area contributed by atoms with Crippen molar-refractivity contribution in [3.63, 3.8) is 0 Å². The number of benzene rings is 2. The summed E-state index contributed by atoms with van der Waals surface area (Å²) in [7, 11) is 1.53. The van der Waals surface area contributed by atoms with E-state index in [1.165, 1.54) is 23.6 Å². The fourth-order valence-corrected chi connectivity index (χ4v) is 4.07. The summed E-state index contributed by atoms with van der Waals surface area (Å²) in [5.74, 6) is -0.200. The van der Waals surface area contributed by atoms with Crippen molar-refractivity contribution in [3.8, 4) is 11.5 Å². The number of methoxy groups -OCH3 is 1. The molecule has 2 aromatic carbocycles. The highest BCUT2D eigenvalue weighted by Gasteiger charge is 2.40. The van der Waals surface area contributed by atoms with Gasteiger partial charge in [0.15, 0.2) is 11.5 Å². The first-order valence-electron chi connectivity index (χ1n) is 10.7. The molecule has 1 saturated heterocycles. The normalized spacial score (nSPS) is 18.2. The Morgan fingerprint density at radius 2 is 1.75 bits per heavy atom. The van der Waals surface area contributed by atoms with E-state index < -0.39 is 17.8 Å². The summed E-state index contributed by atoms with van der Waals surface area (Å²) < 4.78 is 11.3. The van der Waals surface area contributed by atoms with Crippen molar-refractivity contribution in [3.05, 3.63) is 64.7 Å². The predicted octanol–water partition coefficient (Wildman–Crippen LogP) is 3.99. The van der Waals surface area contributed by atoms with E-state index in [1.807, 2.05) is 31.2 Å². The van der Waals surface area contributed by atoms with Crippen molar-refractivity contribution in [2.75, 3.05) is 7.11 Å². The lowest BCUT2D eigenvalue weighted by Crippen LogP contribution is -2.57. The molecule has 0 aromatic heterocycles. The van der Waals surface area contributed by atoms with E-state index in [1.54, 1.807) is 18.2 Å². The number of aryl methyl sites for hydroxylation is 1. The number of hydrogen-bond acceptors (Lipinski definition) is 5. The van der Waals surface area contributed by atoms with Crippen LogP contribution in [0.1, 0.15) is 42.4 Å². The van der Waals surface area contributed by atoms with Crippen molar-refractivity contribution in [2.24, 2.45) is 0 Å². The minimum absolute atomic E-state index is 0.0631. The van der Waals surface area contributed by atoms with Crippen LogP contribution in [0.25, 0.3) is 6.08 Å². The number of barbiturate groups is 1. The summed E-state index contributed by atoms with van der Waals surface area (Å²) in [4.78, 5) is 38.8. The number of hydrogen-bond donors (Lipinski definition) is 1. The second-order valence-corrected chi connectivity index (χ2v) is 8.12. The molecule has 1 aliphatic carbocycles. The van der Waals surface area contributed by atoms with Crippen molar-refractivity contribution in [1.82, 2.24) is 10.2 Å². The largest absolute Gasteiger partial charge is 0.493 e. The van der Waals surface area contributed by atoms with Crippen LogP contribution in [0.15, 0.2) is 48.0 Å². The smallest absolute Gasteiger partial charge is 0.331 e. The zero-order valence-corrected chi connectivity index (χ0v) is 18.2. The molecule has 0 bridgehead atoms. The first kappa shape index (κ1) is 21.6. The van der Waals surface area contributed by atoms with Gasteiger partial charge in [0.1, 0.15) is 12.2 Å². The lowest BCUT2D eigenvalue weighted by Gasteiger charge is -2.31. The molecule has 7 heteroatoms. The number of nitrogens with one attached hydrogen (secondary N) is 1. The Kier molecular flexibility index (Phi) is 6.25. The number of nitrogens with zero attached hydrogens (tertiary/aromatic N) is 1. The molecule has 2 aromatic rings. The van der Waals surface area contributed by atoms with Crippen molar-refractivity contribution in [2.45, 2.75) is 45.3 Å². The summed E-state index contributed by atoms with van der Waals surface area (Å²) >= 11 is 0. The van der Waals surface area contributed by atoms with Crippen molar-refractivity contribution in [1.29, 1.82) is 0 Å². The van der Waals surface area contributed by atoms with Crippen LogP contribution in [0.3, 0.4) is 0 Å². The van der Waals surface area contributed by atoms with Crippen LogP contribution < -0.4 is 14.8 Å². The Morgan fingerprint density at radius 3 is 2.44 bits per heavy atom. The van der Waals surface area contributed by atoms with Crippen LogP contribution in [0.5, 0.6) is 11.5 Å². The van der Waals surface area contributed by atoms with Crippen LogP contribution in [0.2, 0.25) is 0 Å². The lowest BCUT2D eigenvalue weighted by molar-refractivity contribution is -0.131. The number of carbonyl (C=O) groups excluding carboxylic acids is 3. The third-order valence-electron chi connectivity index (χ3n) is 5.84. The Labute approximate surface area is 187 Å². The molecule has 4 amide bonds. The van der Waals surface area contributed by atoms with Gasteiger partial charge in [0.2, 0.25) is 0 Å². The molecular weight excluding hydrogens is 408 g/mol. The van der Waals surface area contributed by atoms with Crippen molar-refractivity contribution >= 4 is 23.9 Å². The van der Waals surface area contributed by atoms with Crippen molar-refractivity contribution < 1.29 is 23.9 Å². The van der Waals surface area contributed by atoms with Crippen LogP contribution >= 0.6 is 0 Å². The van der Waals surface area contributed by atoms with E-state index in [2.05, 4.69) is 5.32 Å². The van der Waals surface area contributed by atoms with Gasteiger partial charge in [-0.1, -0.05) is 48.7 Å². The highest BCUT2D eigenvalue weighted by molar-refractivity contribution is 6.31. The highest BCUT2D eigenvalue weighted by atomic mass is 16.5. The molecule has 1 N–H and O–H groups in total. The lowest BCUT2D eigenvalue weighted by atomic mass is 10.0. The van der Waals surface area contributed by atoms with Crippen LogP contribution in [0, 0.1) is 6.92 Å². The number of rotatable bonds is 6. The molecule has 32 heavy (non-hydrogen) atoms. The molecule has 0 spiro atoms. The molecule has 0 radical (unpaired) electrons. The standard InChI is InChI=1S/C25H26N2O5/c1-16-7-9-17(10-8-16)15-32-21-12-11-18(14-22(21)31-2)13-20-23(28)26-25(30)27(24(20)29)19-5-3-4-6-19/h7-14,19H,3-6,15H2,1-2H3,(H,26,28,30)/b20-13+. The van der Waals surface area contributed by atoms with Gasteiger partial charge >= 0.3 is 6.03 Å². The van der Waals surface area contributed by atoms with E-state index in [0.717, 1.165) is 31.2 Å². The highest BCUT2D eigenvalue weighted by Crippen LogP contribution is 2.31. The topological polar surface area (TPSA) is 84.9 Å². The van der Waals surface area contributed by atoms with E-state index in [9.17, 15) is 14.4 Å². The van der Waals surface area contributed by atoms with Crippen LogP contribution in [0.4, 0.5) is 4.79 Å². The minimum Gasteiger partial charge on any atom is -0.493 e. The average Bonchev–Trinajstić information content (AvgIpc) is 3.31. The minimum atomic E-state index is -0.687. The Hall–Kier alpha value is -3.61. The summed E-state index contributed by atoms with van der Waals surface area (Å²) in [5.41, 5.74) is 2.75. The summed E-state index contributed by atoms with van der Waals surface area (Å²) in [6.45, 7) is 2.41. The molecule has 1 heterocycles. The fraction of sp³-hybridized carbons (Fsp3) is 0.320. The van der Waals surface area contributed by atoms with Gasteiger partial charge in [0.05, 0.1) is 7.11 Å². The SMILES string of the molecule is COc1cc(/C=C2\C(=O)NC(=O)N(C3CCCC3)C2=O)ccc1OCc1ccc(C)cc1. The third-order valence-corrected chi connectivity index (χ3v) is 5.84. The molecule has 2 aliphatic rings. The molecule has 2 fully saturated rings. The van der Waals surface area contributed by atoms with Crippen LogP contribution in [-0.2, 0) is 16.2 Å². The molecule has 1 aliphatic heterocycles. The Balaban J connectivity index is 1.54. The number of imide groups is 2. The number of ether oxygens (including phenoxy) is 2. The maximum atomic E-state index is 13.0. The van der Waals surface area contributed by atoms with Gasteiger partial charge in [0, 0.05) is 6.04 Å². The van der Waals surface area contributed by atoms with Gasteiger partial charge in [-0.05, 0) is 49.1 Å². The van der Waals surface area contributed by atoms with E-state index in [4.69, 9.17) is 9.47 Å². The number of carbonyl (C=O) groups is 3. The van der Waals surface area contributed by atoms with Gasteiger partial charge in [-0.3, -0.25) is 19.8 Å². The third kappa shape index (κ3) is 4.51. The monoisotopic (exact) mass is 434 g/mol. The van der Waals surface area contributed by atoms with Gasteiger partial charge in [-0.25, -0.2) is 4.79 Å². The zero-order chi connectivity index (χ0) is 22.7. The Bertz CT molecular complexity index is 1070. The predicted molar refractivity (Wildman–Crippen MR) is 119 cm³/mol. The van der Waals surface area contributed by atoms with Crippen LogP contribution in [-0.4, -0.2) is 35.9 Å². The van der Waals surface area contributed by atoms with Gasteiger partial charge in [-0.15, -0.1) is 0 Å². The molecule has 166 valence electrons. The molecule has 4 rings (SSSR count). The maximum absolute atomic E-state index is 13.0. The van der Waals surface area contributed by atoms with E-state index in [0.29, 0.717) is 23.7 Å². The summed E-state index contributed by atoms with van der Waals surface area (Å²) in [6.07, 6.45) is 4.95. The maximum Gasteiger partial charge on any atom is 0.331 e. The number of amides is 4. The molecule has 7 nitrogen and oxygen atoms in total. The van der Waals surface area contributed by atoms with Gasteiger partial charge in [-0.2, -0.15) is 0 Å². The van der Waals surface area contributed by atoms with Gasteiger partial charge in [0.25, 0.3) is 11.8 Å². The van der Waals surface area contributed by atoms with Gasteiger partial charge < -0.3 is 9.47 Å². The first-order chi connectivity index (χ1) is 15.5. The molecular formula is C25H26N2O5. The fourth-order valence-electron chi connectivity index (χ4n) is 4.07.